The van der Waals surface area contributed by atoms with Crippen LogP contribution in [0.3, 0.4) is 0 Å². The first kappa shape index (κ1) is 22.2. The lowest BCUT2D eigenvalue weighted by molar-refractivity contribution is -0.120. The van der Waals surface area contributed by atoms with Crippen molar-refractivity contribution in [1.82, 2.24) is 5.32 Å². The number of ether oxygens (including phenoxy) is 1. The second-order valence-corrected chi connectivity index (χ2v) is 8.96. The third-order valence-corrected chi connectivity index (χ3v) is 6.33. The quantitative estimate of drug-likeness (QED) is 0.705. The van der Waals surface area contributed by atoms with Crippen LogP contribution in [0.5, 0.6) is 0 Å². The second kappa shape index (κ2) is 9.41. The predicted octanol–water partition coefficient (Wildman–Crippen LogP) is 3.30. The van der Waals surface area contributed by atoms with Crippen molar-refractivity contribution < 1.29 is 17.9 Å². The molecule has 152 valence electrons. The van der Waals surface area contributed by atoms with Crippen molar-refractivity contribution in [3.05, 3.63) is 58.6 Å². The van der Waals surface area contributed by atoms with E-state index in [9.17, 15) is 13.2 Å². The summed E-state index contributed by atoms with van der Waals surface area (Å²) in [6.45, 7) is 5.61. The zero-order chi connectivity index (χ0) is 20.9. The van der Waals surface area contributed by atoms with Crippen molar-refractivity contribution in [3.63, 3.8) is 0 Å². The number of anilines is 1. The summed E-state index contributed by atoms with van der Waals surface area (Å²) in [5.41, 5.74) is 2.39. The second-order valence-electron chi connectivity index (χ2n) is 6.66. The standard InChI is InChI=1S/C20H25ClN2O4S/c1-14-5-8-18(11-15(14)2)23(12-20(24)22-16(3)13-27-4)28(25,26)19-9-6-17(21)7-10-19/h5-11,16H,12-13H2,1-4H3,(H,22,24)/t16-/m1/s1. The summed E-state index contributed by atoms with van der Waals surface area (Å²) in [7, 11) is -2.42. The highest BCUT2D eigenvalue weighted by Gasteiger charge is 2.27. The van der Waals surface area contributed by atoms with Gasteiger partial charge in [0.2, 0.25) is 5.91 Å². The van der Waals surface area contributed by atoms with Crippen LogP contribution < -0.4 is 9.62 Å². The van der Waals surface area contributed by atoms with E-state index in [1.54, 1.807) is 19.1 Å². The Kier molecular flexibility index (Phi) is 7.46. The Hall–Kier alpha value is -2.09. The van der Waals surface area contributed by atoms with Gasteiger partial charge < -0.3 is 10.1 Å². The summed E-state index contributed by atoms with van der Waals surface area (Å²) in [5, 5.41) is 3.18. The molecule has 0 saturated carbocycles. The summed E-state index contributed by atoms with van der Waals surface area (Å²) in [6, 6.07) is 10.9. The first-order valence-corrected chi connectivity index (χ1v) is 10.6. The van der Waals surface area contributed by atoms with Crippen molar-refractivity contribution in [3.8, 4) is 0 Å². The lowest BCUT2D eigenvalue weighted by atomic mass is 10.1. The van der Waals surface area contributed by atoms with Gasteiger partial charge in [0.15, 0.2) is 0 Å². The van der Waals surface area contributed by atoms with Crippen molar-refractivity contribution in [2.75, 3.05) is 24.6 Å². The molecule has 0 heterocycles. The minimum absolute atomic E-state index is 0.0628. The molecule has 8 heteroatoms. The Bertz CT molecular complexity index is 930. The topological polar surface area (TPSA) is 75.7 Å². The van der Waals surface area contributed by atoms with E-state index >= 15 is 0 Å². The van der Waals surface area contributed by atoms with Gasteiger partial charge in [-0.25, -0.2) is 8.42 Å². The van der Waals surface area contributed by atoms with E-state index in [-0.39, 0.29) is 17.5 Å². The number of halogens is 1. The Balaban J connectivity index is 2.42. The Morgan fingerprint density at radius 1 is 1.14 bits per heavy atom. The molecule has 2 rings (SSSR count). The fourth-order valence-corrected chi connectivity index (χ4v) is 4.21. The number of hydrogen-bond donors (Lipinski definition) is 1. The highest BCUT2D eigenvalue weighted by atomic mass is 35.5. The monoisotopic (exact) mass is 424 g/mol. The summed E-state index contributed by atoms with van der Waals surface area (Å²) >= 11 is 5.88. The van der Waals surface area contributed by atoms with Crippen LogP contribution in [-0.4, -0.2) is 40.6 Å². The van der Waals surface area contributed by atoms with Gasteiger partial charge in [0.05, 0.1) is 17.2 Å². The highest BCUT2D eigenvalue weighted by Crippen LogP contribution is 2.26. The van der Waals surface area contributed by atoms with Crippen LogP contribution in [0.1, 0.15) is 18.1 Å². The van der Waals surface area contributed by atoms with Gasteiger partial charge in [0.25, 0.3) is 10.0 Å². The molecule has 0 saturated heterocycles. The number of amides is 1. The van der Waals surface area contributed by atoms with Crippen LogP contribution in [0.2, 0.25) is 5.02 Å². The molecule has 0 aromatic heterocycles. The number of aryl methyl sites for hydroxylation is 2. The van der Waals surface area contributed by atoms with Crippen molar-refractivity contribution in [2.45, 2.75) is 31.7 Å². The molecule has 0 radical (unpaired) electrons. The largest absolute Gasteiger partial charge is 0.383 e. The molecule has 1 atom stereocenters. The molecule has 0 unspecified atom stereocenters. The van der Waals surface area contributed by atoms with Gasteiger partial charge in [-0.2, -0.15) is 0 Å². The van der Waals surface area contributed by atoms with Crippen LogP contribution in [0.25, 0.3) is 0 Å². The third-order valence-electron chi connectivity index (χ3n) is 4.29. The lowest BCUT2D eigenvalue weighted by Crippen LogP contribution is -2.44. The lowest BCUT2D eigenvalue weighted by Gasteiger charge is -2.25. The van der Waals surface area contributed by atoms with Crippen LogP contribution in [-0.2, 0) is 19.6 Å². The Morgan fingerprint density at radius 2 is 1.79 bits per heavy atom. The number of carbonyl (C=O) groups is 1. The van der Waals surface area contributed by atoms with E-state index in [2.05, 4.69) is 5.32 Å². The molecular formula is C20H25ClN2O4S. The Labute approximate surface area is 171 Å². The average Bonchev–Trinajstić information content (AvgIpc) is 2.62. The van der Waals surface area contributed by atoms with E-state index in [1.165, 1.54) is 31.4 Å². The minimum Gasteiger partial charge on any atom is -0.383 e. The summed E-state index contributed by atoms with van der Waals surface area (Å²) < 4.78 is 32.7. The van der Waals surface area contributed by atoms with E-state index in [0.717, 1.165) is 15.4 Å². The zero-order valence-corrected chi connectivity index (χ0v) is 18.0. The first-order chi connectivity index (χ1) is 13.1. The fourth-order valence-electron chi connectivity index (χ4n) is 2.67. The van der Waals surface area contributed by atoms with Gasteiger partial charge in [-0.3, -0.25) is 9.10 Å². The fraction of sp³-hybridized carbons (Fsp3) is 0.350. The van der Waals surface area contributed by atoms with Crippen LogP contribution in [0.4, 0.5) is 5.69 Å². The van der Waals surface area contributed by atoms with Crippen LogP contribution in [0, 0.1) is 13.8 Å². The summed E-state index contributed by atoms with van der Waals surface area (Å²) in [6.07, 6.45) is 0. The predicted molar refractivity (Wildman–Crippen MR) is 111 cm³/mol. The van der Waals surface area contributed by atoms with E-state index < -0.39 is 15.9 Å². The minimum atomic E-state index is -3.96. The highest BCUT2D eigenvalue weighted by molar-refractivity contribution is 7.92. The number of nitrogens with zero attached hydrogens (tertiary/aromatic N) is 1. The molecule has 0 aliphatic carbocycles. The molecule has 0 spiro atoms. The number of carbonyl (C=O) groups excluding carboxylic acids is 1. The van der Waals surface area contributed by atoms with E-state index in [4.69, 9.17) is 16.3 Å². The van der Waals surface area contributed by atoms with Crippen molar-refractivity contribution in [1.29, 1.82) is 0 Å². The molecular weight excluding hydrogens is 400 g/mol. The number of hydrogen-bond acceptors (Lipinski definition) is 4. The summed E-state index contributed by atoms with van der Waals surface area (Å²) in [5.74, 6) is -0.416. The molecule has 0 fully saturated rings. The average molecular weight is 425 g/mol. The maximum atomic E-state index is 13.3. The molecule has 0 aliphatic heterocycles. The van der Waals surface area contributed by atoms with Crippen molar-refractivity contribution >= 4 is 33.2 Å². The zero-order valence-electron chi connectivity index (χ0n) is 16.4. The maximum absolute atomic E-state index is 13.3. The molecule has 1 amide bonds. The van der Waals surface area contributed by atoms with Gasteiger partial charge in [-0.05, 0) is 68.3 Å². The molecule has 0 aliphatic rings. The van der Waals surface area contributed by atoms with Gasteiger partial charge in [0.1, 0.15) is 6.54 Å². The third kappa shape index (κ3) is 5.47. The van der Waals surface area contributed by atoms with E-state index in [0.29, 0.717) is 17.3 Å². The van der Waals surface area contributed by atoms with E-state index in [1.807, 2.05) is 19.9 Å². The SMILES string of the molecule is COC[C@@H](C)NC(=O)CN(c1ccc(C)c(C)c1)S(=O)(=O)c1ccc(Cl)cc1. The number of rotatable bonds is 8. The molecule has 0 bridgehead atoms. The van der Waals surface area contributed by atoms with Gasteiger partial charge in [0, 0.05) is 18.2 Å². The molecule has 6 nitrogen and oxygen atoms in total. The summed E-state index contributed by atoms with van der Waals surface area (Å²) in [4.78, 5) is 12.6. The van der Waals surface area contributed by atoms with Crippen molar-refractivity contribution in [2.24, 2.45) is 0 Å². The number of methoxy groups -OCH3 is 1. The smallest absolute Gasteiger partial charge is 0.264 e. The number of sulfonamides is 1. The van der Waals surface area contributed by atoms with Gasteiger partial charge in [-0.15, -0.1) is 0 Å². The molecule has 28 heavy (non-hydrogen) atoms. The molecule has 2 aromatic carbocycles. The van der Waals surface area contributed by atoms with Gasteiger partial charge >= 0.3 is 0 Å². The maximum Gasteiger partial charge on any atom is 0.264 e. The number of benzene rings is 2. The van der Waals surface area contributed by atoms with Crippen LogP contribution >= 0.6 is 11.6 Å². The number of nitrogens with one attached hydrogen (secondary N) is 1. The molecule has 2 aromatic rings. The Morgan fingerprint density at radius 3 is 2.36 bits per heavy atom. The molecule has 1 N–H and O–H groups in total. The van der Waals surface area contributed by atoms with Crippen LogP contribution in [0.15, 0.2) is 47.4 Å². The van der Waals surface area contributed by atoms with Gasteiger partial charge in [-0.1, -0.05) is 17.7 Å². The normalized spacial score (nSPS) is 12.5. The first-order valence-electron chi connectivity index (χ1n) is 8.79.